The second-order valence-electron chi connectivity index (χ2n) is 5.91. The Balaban J connectivity index is 2.13. The van der Waals surface area contributed by atoms with Crippen molar-refractivity contribution in [3.63, 3.8) is 0 Å². The quantitative estimate of drug-likeness (QED) is 0.730. The third-order valence-corrected chi connectivity index (χ3v) is 3.47. The summed E-state index contributed by atoms with van der Waals surface area (Å²) in [7, 11) is 1.33. The van der Waals surface area contributed by atoms with Gasteiger partial charge in [0.2, 0.25) is 0 Å². The van der Waals surface area contributed by atoms with Crippen LogP contribution < -0.4 is 0 Å². The van der Waals surface area contributed by atoms with E-state index in [2.05, 4.69) is 9.89 Å². The van der Waals surface area contributed by atoms with E-state index in [0.29, 0.717) is 12.3 Å². The van der Waals surface area contributed by atoms with Crippen LogP contribution in [0.4, 0.5) is 0 Å². The number of carbonyl (C=O) groups is 2. The van der Waals surface area contributed by atoms with Gasteiger partial charge in [0.1, 0.15) is 0 Å². The topological polar surface area (TPSA) is 72.6 Å². The van der Waals surface area contributed by atoms with Crippen molar-refractivity contribution < 1.29 is 18.8 Å². The summed E-state index contributed by atoms with van der Waals surface area (Å²) in [4.78, 5) is 25.6. The molecule has 0 aliphatic heterocycles. The molecule has 0 unspecified atom stereocenters. The van der Waals surface area contributed by atoms with Gasteiger partial charge >= 0.3 is 5.97 Å². The maximum Gasteiger partial charge on any atom is 0.307 e. The van der Waals surface area contributed by atoms with E-state index < -0.39 is 0 Å². The largest absolute Gasteiger partial charge is 0.469 e. The highest BCUT2D eigenvalue weighted by molar-refractivity contribution is 5.93. The van der Waals surface area contributed by atoms with Crippen LogP contribution in [0, 0.1) is 5.92 Å². The van der Waals surface area contributed by atoms with Gasteiger partial charge in [0.05, 0.1) is 13.5 Å². The lowest BCUT2D eigenvalue weighted by Gasteiger charge is -2.23. The summed E-state index contributed by atoms with van der Waals surface area (Å²) in [6, 6.07) is 11.1. The number of benzene rings is 1. The summed E-state index contributed by atoms with van der Waals surface area (Å²) in [5, 5.41) is 3.89. The number of carbonyl (C=O) groups excluding carboxylic acids is 2. The van der Waals surface area contributed by atoms with Crippen LogP contribution in [-0.2, 0) is 9.53 Å². The highest BCUT2D eigenvalue weighted by Crippen LogP contribution is 2.20. The molecule has 0 N–H and O–H groups in total. The molecule has 0 aliphatic carbocycles. The van der Waals surface area contributed by atoms with Crippen molar-refractivity contribution >= 4 is 11.9 Å². The van der Waals surface area contributed by atoms with Crippen molar-refractivity contribution in [3.05, 3.63) is 42.1 Å². The molecule has 0 spiro atoms. The molecule has 0 radical (unpaired) electrons. The lowest BCUT2D eigenvalue weighted by atomic mass is 10.1. The van der Waals surface area contributed by atoms with Crippen molar-refractivity contribution in [1.82, 2.24) is 10.1 Å². The minimum Gasteiger partial charge on any atom is -0.469 e. The Kier molecular flexibility index (Phi) is 6.12. The minimum atomic E-state index is -0.346. The van der Waals surface area contributed by atoms with Crippen LogP contribution in [0.1, 0.15) is 30.8 Å². The molecular weight excluding hydrogens is 308 g/mol. The fourth-order valence-corrected chi connectivity index (χ4v) is 2.32. The fraction of sp³-hybridized carbons (Fsp3) is 0.389. The summed E-state index contributed by atoms with van der Waals surface area (Å²) >= 11 is 0. The van der Waals surface area contributed by atoms with Crippen molar-refractivity contribution in [1.29, 1.82) is 0 Å². The van der Waals surface area contributed by atoms with Gasteiger partial charge < -0.3 is 14.2 Å². The van der Waals surface area contributed by atoms with Crippen LogP contribution in [0.15, 0.2) is 40.9 Å². The lowest BCUT2D eigenvalue weighted by Crippen LogP contribution is -2.36. The monoisotopic (exact) mass is 330 g/mol. The van der Waals surface area contributed by atoms with Crippen LogP contribution in [0.25, 0.3) is 11.3 Å². The first-order valence-corrected chi connectivity index (χ1v) is 7.89. The summed E-state index contributed by atoms with van der Waals surface area (Å²) in [6.07, 6.45) is 0.151. The number of ether oxygens (including phenoxy) is 1. The molecule has 0 saturated heterocycles. The van der Waals surface area contributed by atoms with Crippen LogP contribution in [-0.4, -0.2) is 42.1 Å². The smallest absolute Gasteiger partial charge is 0.307 e. The van der Waals surface area contributed by atoms with Crippen LogP contribution in [0.5, 0.6) is 0 Å². The average Bonchev–Trinajstić information content (AvgIpc) is 3.08. The number of hydrogen-bond acceptors (Lipinski definition) is 5. The van der Waals surface area contributed by atoms with Gasteiger partial charge in [0.25, 0.3) is 5.91 Å². The number of hydrogen-bond donors (Lipinski definition) is 0. The van der Waals surface area contributed by atoms with Gasteiger partial charge in [-0.2, -0.15) is 0 Å². The van der Waals surface area contributed by atoms with Gasteiger partial charge in [-0.05, 0) is 5.92 Å². The zero-order valence-corrected chi connectivity index (χ0v) is 14.2. The molecule has 1 aromatic carbocycles. The van der Waals surface area contributed by atoms with Crippen molar-refractivity contribution in [2.45, 2.75) is 20.3 Å². The van der Waals surface area contributed by atoms with E-state index in [-0.39, 0.29) is 36.5 Å². The number of esters is 1. The molecule has 6 heteroatoms. The number of nitrogens with zero attached hydrogens (tertiary/aromatic N) is 2. The second-order valence-corrected chi connectivity index (χ2v) is 5.91. The highest BCUT2D eigenvalue weighted by Gasteiger charge is 2.22. The fourth-order valence-electron chi connectivity index (χ4n) is 2.32. The van der Waals surface area contributed by atoms with Gasteiger partial charge in [0.15, 0.2) is 11.5 Å². The van der Waals surface area contributed by atoms with E-state index in [4.69, 9.17) is 4.52 Å². The Morgan fingerprint density at radius 1 is 1.25 bits per heavy atom. The zero-order valence-electron chi connectivity index (χ0n) is 14.2. The average molecular weight is 330 g/mol. The number of rotatable bonds is 7. The number of aromatic nitrogens is 1. The zero-order chi connectivity index (χ0) is 17.5. The van der Waals surface area contributed by atoms with Crippen molar-refractivity contribution in [2.24, 2.45) is 5.92 Å². The van der Waals surface area contributed by atoms with Gasteiger partial charge in [-0.15, -0.1) is 0 Å². The summed E-state index contributed by atoms with van der Waals surface area (Å²) in [5.74, 6) is 0.212. The number of methoxy groups -OCH3 is 1. The molecule has 128 valence electrons. The summed E-state index contributed by atoms with van der Waals surface area (Å²) < 4.78 is 9.93. The molecule has 0 aliphatic rings. The van der Waals surface area contributed by atoms with E-state index in [0.717, 1.165) is 5.56 Å². The molecule has 0 bridgehead atoms. The second kappa shape index (κ2) is 8.29. The normalized spacial score (nSPS) is 10.7. The first-order chi connectivity index (χ1) is 11.5. The summed E-state index contributed by atoms with van der Waals surface area (Å²) in [6.45, 7) is 4.84. The van der Waals surface area contributed by atoms with Gasteiger partial charge in [-0.25, -0.2) is 0 Å². The van der Waals surface area contributed by atoms with Gasteiger partial charge in [-0.1, -0.05) is 49.3 Å². The standard InChI is InChI=1S/C18H22N2O4/c1-13(2)12-20(10-9-17(21)23-3)18(22)15-11-16(24-19-15)14-7-5-4-6-8-14/h4-8,11,13H,9-10,12H2,1-3H3. The molecule has 1 heterocycles. The maximum atomic E-state index is 12.7. The predicted molar refractivity (Wildman–Crippen MR) is 89.3 cm³/mol. The highest BCUT2D eigenvalue weighted by atomic mass is 16.5. The van der Waals surface area contributed by atoms with Crippen molar-refractivity contribution in [3.8, 4) is 11.3 Å². The third-order valence-electron chi connectivity index (χ3n) is 3.47. The minimum absolute atomic E-state index is 0.151. The molecule has 2 rings (SSSR count). The molecule has 2 aromatic rings. The van der Waals surface area contributed by atoms with Crippen molar-refractivity contribution in [2.75, 3.05) is 20.2 Å². The Labute approximate surface area is 141 Å². The van der Waals surface area contributed by atoms with E-state index in [1.807, 2.05) is 44.2 Å². The molecular formula is C18H22N2O4. The lowest BCUT2D eigenvalue weighted by molar-refractivity contribution is -0.140. The Bertz CT molecular complexity index is 679. The predicted octanol–water partition coefficient (Wildman–Crippen LogP) is 3.00. The van der Waals surface area contributed by atoms with Crippen LogP contribution >= 0.6 is 0 Å². The Morgan fingerprint density at radius 3 is 2.58 bits per heavy atom. The molecule has 24 heavy (non-hydrogen) atoms. The first kappa shape index (κ1) is 17.7. The first-order valence-electron chi connectivity index (χ1n) is 7.89. The maximum absolute atomic E-state index is 12.7. The number of amides is 1. The van der Waals surface area contributed by atoms with E-state index in [1.54, 1.807) is 11.0 Å². The van der Waals surface area contributed by atoms with Gasteiger partial charge in [0, 0.05) is 24.7 Å². The summed E-state index contributed by atoms with van der Waals surface area (Å²) in [5.41, 5.74) is 1.09. The van der Waals surface area contributed by atoms with E-state index in [9.17, 15) is 9.59 Å². The van der Waals surface area contributed by atoms with E-state index in [1.165, 1.54) is 7.11 Å². The van der Waals surface area contributed by atoms with Gasteiger partial charge in [-0.3, -0.25) is 9.59 Å². The van der Waals surface area contributed by atoms with Crippen LogP contribution in [0.2, 0.25) is 0 Å². The van der Waals surface area contributed by atoms with E-state index >= 15 is 0 Å². The third kappa shape index (κ3) is 4.68. The van der Waals surface area contributed by atoms with Crippen LogP contribution in [0.3, 0.4) is 0 Å². The molecule has 0 fully saturated rings. The molecule has 1 amide bonds. The molecule has 1 aromatic heterocycles. The Morgan fingerprint density at radius 2 is 1.96 bits per heavy atom. The SMILES string of the molecule is COC(=O)CCN(CC(C)C)C(=O)c1cc(-c2ccccc2)on1. The molecule has 6 nitrogen and oxygen atoms in total. The Hall–Kier alpha value is -2.63. The molecule has 0 atom stereocenters. The molecule has 0 saturated carbocycles.